The molecule has 0 radical (unpaired) electrons. The number of ether oxygens (including phenoxy) is 1. The normalized spacial score (nSPS) is 14.5. The number of carbonyl (C=O) groups is 1. The Morgan fingerprint density at radius 2 is 1.73 bits per heavy atom. The summed E-state index contributed by atoms with van der Waals surface area (Å²) in [6, 6.07) is 21.6. The molecule has 1 fully saturated rings. The van der Waals surface area contributed by atoms with Gasteiger partial charge in [0.25, 0.3) is 0 Å². The molecule has 1 aromatic heterocycles. The molecule has 0 unspecified atom stereocenters. The van der Waals surface area contributed by atoms with Crippen LogP contribution in [0.4, 0.5) is 5.82 Å². The minimum absolute atomic E-state index is 0. The molecule has 4 nitrogen and oxygen atoms in total. The number of hydrogen-bond donors (Lipinski definition) is 1. The maximum absolute atomic E-state index is 12.8. The fourth-order valence-corrected chi connectivity index (χ4v) is 3.19. The van der Waals surface area contributed by atoms with E-state index < -0.39 is 5.41 Å². The van der Waals surface area contributed by atoms with Crippen molar-refractivity contribution in [3.8, 4) is 16.9 Å². The molecule has 4 heteroatoms. The lowest BCUT2D eigenvalue weighted by molar-refractivity contribution is -0.118. The van der Waals surface area contributed by atoms with Gasteiger partial charge in [0, 0.05) is 13.2 Å². The number of amides is 1. The molecule has 26 heavy (non-hydrogen) atoms. The first kappa shape index (κ1) is 16.3. The summed E-state index contributed by atoms with van der Waals surface area (Å²) in [6.45, 7) is 0. The van der Waals surface area contributed by atoms with Crippen LogP contribution in [0.25, 0.3) is 11.1 Å². The maximum Gasteiger partial charge on any atom is 0.236 e. The average Bonchev–Trinajstić information content (AvgIpc) is 3.51. The summed E-state index contributed by atoms with van der Waals surface area (Å²) < 4.78 is 5.20. The lowest BCUT2D eigenvalue weighted by Crippen LogP contribution is -2.28. The van der Waals surface area contributed by atoms with Crippen molar-refractivity contribution in [2.45, 2.75) is 18.3 Å². The van der Waals surface area contributed by atoms with Gasteiger partial charge in [0.2, 0.25) is 5.91 Å². The number of pyridine rings is 1. The SMILES string of the molecule is COc1ccc(C2(C(=O)Nc3ccc(-c4ccccc4)cn3)CC2)cc1.[HH]. The second kappa shape index (κ2) is 6.64. The van der Waals surface area contributed by atoms with E-state index in [1.54, 1.807) is 13.3 Å². The van der Waals surface area contributed by atoms with Gasteiger partial charge in [-0.15, -0.1) is 0 Å². The van der Waals surface area contributed by atoms with E-state index in [1.165, 1.54) is 0 Å². The van der Waals surface area contributed by atoms with Crippen molar-refractivity contribution in [2.24, 2.45) is 0 Å². The Morgan fingerprint density at radius 1 is 1.00 bits per heavy atom. The lowest BCUT2D eigenvalue weighted by Gasteiger charge is -2.16. The van der Waals surface area contributed by atoms with Crippen LogP contribution in [0, 0.1) is 0 Å². The van der Waals surface area contributed by atoms with Gasteiger partial charge >= 0.3 is 0 Å². The van der Waals surface area contributed by atoms with Gasteiger partial charge in [-0.05, 0) is 48.2 Å². The quantitative estimate of drug-likeness (QED) is 0.730. The van der Waals surface area contributed by atoms with Gasteiger partial charge in [0.15, 0.2) is 0 Å². The molecule has 1 N–H and O–H groups in total. The van der Waals surface area contributed by atoms with E-state index in [9.17, 15) is 4.79 Å². The van der Waals surface area contributed by atoms with E-state index in [2.05, 4.69) is 10.3 Å². The molecule has 1 heterocycles. The molecule has 1 aliphatic carbocycles. The topological polar surface area (TPSA) is 51.2 Å². The third-order valence-corrected chi connectivity index (χ3v) is 4.94. The zero-order valence-electron chi connectivity index (χ0n) is 14.6. The van der Waals surface area contributed by atoms with Gasteiger partial charge in [0.1, 0.15) is 11.6 Å². The molecule has 2 aromatic carbocycles. The average molecular weight is 346 g/mol. The van der Waals surface area contributed by atoms with Gasteiger partial charge in [-0.2, -0.15) is 0 Å². The van der Waals surface area contributed by atoms with E-state index in [-0.39, 0.29) is 7.33 Å². The molecule has 1 saturated carbocycles. The fourth-order valence-electron chi connectivity index (χ4n) is 3.19. The standard InChI is InChI=1S/C22H20N2O2.H2/c1-26-19-10-8-18(9-11-19)22(13-14-22)21(25)24-20-12-7-17(15-23-20)16-5-3-2-4-6-16;/h2-12,15H,13-14H2,1H3,(H,23,24,25);1H. The van der Waals surface area contributed by atoms with Gasteiger partial charge in [-0.3, -0.25) is 4.79 Å². The molecule has 0 spiro atoms. The van der Waals surface area contributed by atoms with Crippen molar-refractivity contribution >= 4 is 11.7 Å². The van der Waals surface area contributed by atoms with Crippen molar-refractivity contribution in [3.63, 3.8) is 0 Å². The summed E-state index contributed by atoms with van der Waals surface area (Å²) in [5.41, 5.74) is 2.72. The van der Waals surface area contributed by atoms with Crippen LogP contribution in [-0.4, -0.2) is 18.0 Å². The maximum atomic E-state index is 12.8. The van der Waals surface area contributed by atoms with E-state index in [0.717, 1.165) is 35.3 Å². The smallest absolute Gasteiger partial charge is 0.236 e. The number of aromatic nitrogens is 1. The van der Waals surface area contributed by atoms with Gasteiger partial charge < -0.3 is 10.1 Å². The van der Waals surface area contributed by atoms with E-state index in [0.29, 0.717) is 5.82 Å². The number of anilines is 1. The molecule has 0 saturated heterocycles. The molecule has 1 aliphatic rings. The van der Waals surface area contributed by atoms with Crippen LogP contribution in [0.15, 0.2) is 72.9 Å². The molecule has 1 amide bonds. The monoisotopic (exact) mass is 346 g/mol. The third-order valence-electron chi connectivity index (χ3n) is 4.94. The van der Waals surface area contributed by atoms with Crippen molar-refractivity contribution in [3.05, 3.63) is 78.5 Å². The number of nitrogens with zero attached hydrogens (tertiary/aromatic N) is 1. The summed E-state index contributed by atoms with van der Waals surface area (Å²) in [7, 11) is 1.64. The summed E-state index contributed by atoms with van der Waals surface area (Å²) in [5.74, 6) is 1.38. The Balaban J connectivity index is 0.00000210. The van der Waals surface area contributed by atoms with Crippen LogP contribution < -0.4 is 10.1 Å². The lowest BCUT2D eigenvalue weighted by atomic mass is 9.95. The highest BCUT2D eigenvalue weighted by molar-refractivity contribution is 6.00. The molecule has 3 aromatic rings. The van der Waals surface area contributed by atoms with Crippen LogP contribution >= 0.6 is 0 Å². The van der Waals surface area contributed by atoms with Crippen LogP contribution in [0.3, 0.4) is 0 Å². The molecule has 0 bridgehead atoms. The highest BCUT2D eigenvalue weighted by atomic mass is 16.5. The van der Waals surface area contributed by atoms with Crippen LogP contribution in [0.1, 0.15) is 19.8 Å². The molecular formula is C22H22N2O2. The highest BCUT2D eigenvalue weighted by Crippen LogP contribution is 2.49. The summed E-state index contributed by atoms with van der Waals surface area (Å²) in [4.78, 5) is 17.2. The number of nitrogens with one attached hydrogen (secondary N) is 1. The van der Waals surface area contributed by atoms with Crippen molar-refractivity contribution in [1.29, 1.82) is 0 Å². The second-order valence-electron chi connectivity index (χ2n) is 6.56. The van der Waals surface area contributed by atoms with Gasteiger partial charge in [-0.1, -0.05) is 42.5 Å². The molecular weight excluding hydrogens is 324 g/mol. The van der Waals surface area contributed by atoms with Crippen molar-refractivity contribution < 1.29 is 11.0 Å². The number of hydrogen-bond acceptors (Lipinski definition) is 3. The molecule has 0 aliphatic heterocycles. The van der Waals surface area contributed by atoms with E-state index in [1.807, 2.05) is 66.7 Å². The number of methoxy groups -OCH3 is 1. The number of carbonyl (C=O) groups excluding carboxylic acids is 1. The predicted molar refractivity (Wildman–Crippen MR) is 104 cm³/mol. The second-order valence-corrected chi connectivity index (χ2v) is 6.56. The Hall–Kier alpha value is -3.14. The van der Waals surface area contributed by atoms with Crippen LogP contribution in [0.5, 0.6) is 5.75 Å². The predicted octanol–water partition coefficient (Wildman–Crippen LogP) is 4.67. The Bertz CT molecular complexity index is 905. The van der Waals surface area contributed by atoms with Gasteiger partial charge in [0.05, 0.1) is 12.5 Å². The largest absolute Gasteiger partial charge is 0.497 e. The Kier molecular flexibility index (Phi) is 4.17. The number of rotatable bonds is 5. The highest BCUT2D eigenvalue weighted by Gasteiger charge is 2.51. The Morgan fingerprint density at radius 3 is 2.31 bits per heavy atom. The Labute approximate surface area is 154 Å². The first-order valence-electron chi connectivity index (χ1n) is 8.69. The molecule has 132 valence electrons. The minimum atomic E-state index is -0.438. The summed E-state index contributed by atoms with van der Waals surface area (Å²) in [6.07, 6.45) is 3.50. The molecule has 0 atom stereocenters. The number of benzene rings is 2. The first-order chi connectivity index (χ1) is 12.7. The van der Waals surface area contributed by atoms with Crippen LogP contribution in [-0.2, 0) is 10.2 Å². The third kappa shape index (κ3) is 3.06. The van der Waals surface area contributed by atoms with Crippen molar-refractivity contribution in [2.75, 3.05) is 12.4 Å². The zero-order chi connectivity index (χ0) is 18.0. The summed E-state index contributed by atoms with van der Waals surface area (Å²) in [5, 5.41) is 2.97. The van der Waals surface area contributed by atoms with E-state index >= 15 is 0 Å². The van der Waals surface area contributed by atoms with Crippen molar-refractivity contribution in [1.82, 2.24) is 4.98 Å². The van der Waals surface area contributed by atoms with Crippen LogP contribution in [0.2, 0.25) is 0 Å². The summed E-state index contributed by atoms with van der Waals surface area (Å²) >= 11 is 0. The van der Waals surface area contributed by atoms with Gasteiger partial charge in [-0.25, -0.2) is 4.98 Å². The first-order valence-corrected chi connectivity index (χ1v) is 8.69. The minimum Gasteiger partial charge on any atom is -0.497 e. The zero-order valence-corrected chi connectivity index (χ0v) is 14.6. The fraction of sp³-hybridized carbons (Fsp3) is 0.182. The van der Waals surface area contributed by atoms with E-state index in [4.69, 9.17) is 4.74 Å². The molecule has 4 rings (SSSR count).